The number of nitrogens with one attached hydrogen (secondary N) is 1. The Morgan fingerprint density at radius 3 is 2.96 bits per heavy atom. The van der Waals surface area contributed by atoms with Crippen molar-refractivity contribution in [3.63, 3.8) is 0 Å². The highest BCUT2D eigenvalue weighted by Gasteiger charge is 2.25. The molecule has 2 amide bonds. The second-order valence-electron chi connectivity index (χ2n) is 6.73. The van der Waals surface area contributed by atoms with Gasteiger partial charge in [-0.1, -0.05) is 11.2 Å². The molecule has 1 saturated heterocycles. The van der Waals surface area contributed by atoms with Crippen LogP contribution in [0.4, 0.5) is 11.6 Å². The van der Waals surface area contributed by atoms with Crippen LogP contribution in [0.2, 0.25) is 0 Å². The molecule has 10 heteroatoms. The number of nitrogens with two attached hydrogens (primary N) is 1. The van der Waals surface area contributed by atoms with Gasteiger partial charge in [-0.2, -0.15) is 0 Å². The molecule has 3 N–H and O–H groups in total. The highest BCUT2D eigenvalue weighted by Crippen LogP contribution is 2.24. The van der Waals surface area contributed by atoms with Crippen LogP contribution in [0.5, 0.6) is 0 Å². The van der Waals surface area contributed by atoms with Gasteiger partial charge in [0.25, 0.3) is 5.91 Å². The van der Waals surface area contributed by atoms with Crippen molar-refractivity contribution in [1.82, 2.24) is 25.1 Å². The molecule has 3 heterocycles. The summed E-state index contributed by atoms with van der Waals surface area (Å²) in [5.41, 5.74) is 8.53. The largest absolute Gasteiger partial charge is 0.368 e. The number of tetrazole rings is 1. The summed E-state index contributed by atoms with van der Waals surface area (Å²) in [5, 5.41) is 13.6. The predicted molar refractivity (Wildman–Crippen MR) is 95.4 cm³/mol. The van der Waals surface area contributed by atoms with Crippen LogP contribution in [0.15, 0.2) is 18.2 Å². The van der Waals surface area contributed by atoms with Gasteiger partial charge in [-0.3, -0.25) is 9.59 Å². The summed E-state index contributed by atoms with van der Waals surface area (Å²) < 4.78 is 6.69. The Labute approximate surface area is 155 Å². The first-order valence-electron chi connectivity index (χ1n) is 8.94. The maximum absolute atomic E-state index is 12.5. The van der Waals surface area contributed by atoms with Crippen molar-refractivity contribution in [2.75, 3.05) is 24.2 Å². The van der Waals surface area contributed by atoms with E-state index in [0.717, 1.165) is 24.8 Å². The highest BCUT2D eigenvalue weighted by atomic mass is 16.5. The number of fused-ring (bicyclic) bond motifs is 1. The van der Waals surface area contributed by atoms with E-state index < -0.39 is 0 Å². The van der Waals surface area contributed by atoms with Crippen LogP contribution < -0.4 is 11.1 Å². The van der Waals surface area contributed by atoms with Crippen LogP contribution in [0.25, 0.3) is 0 Å². The number of carbonyl (C=O) groups is 2. The van der Waals surface area contributed by atoms with E-state index in [9.17, 15) is 9.59 Å². The van der Waals surface area contributed by atoms with E-state index in [0.29, 0.717) is 25.4 Å². The number of rotatable bonds is 4. The zero-order valence-electron chi connectivity index (χ0n) is 14.8. The second kappa shape index (κ2) is 7.31. The number of anilines is 2. The van der Waals surface area contributed by atoms with Crippen molar-refractivity contribution in [2.45, 2.75) is 38.5 Å². The van der Waals surface area contributed by atoms with E-state index in [2.05, 4.69) is 20.8 Å². The molecule has 0 unspecified atom stereocenters. The highest BCUT2D eigenvalue weighted by molar-refractivity contribution is 5.94. The normalized spacial score (nSPS) is 19.0. The Morgan fingerprint density at radius 1 is 1.33 bits per heavy atom. The number of nitrogen functional groups attached to an aromatic ring is 1. The average Bonchev–Trinajstić information content (AvgIpc) is 3.33. The molecule has 1 aromatic heterocycles. The fraction of sp³-hybridized carbons (Fsp3) is 0.471. The molecule has 4 rings (SSSR count). The van der Waals surface area contributed by atoms with Crippen molar-refractivity contribution in [3.8, 4) is 0 Å². The van der Waals surface area contributed by atoms with E-state index in [1.54, 1.807) is 4.90 Å². The summed E-state index contributed by atoms with van der Waals surface area (Å²) in [6, 6.07) is 5.82. The van der Waals surface area contributed by atoms with Gasteiger partial charge in [-0.05, 0) is 52.9 Å². The Balaban J connectivity index is 1.42. The van der Waals surface area contributed by atoms with Crippen molar-refractivity contribution in [3.05, 3.63) is 29.3 Å². The zero-order chi connectivity index (χ0) is 18.8. The average molecular weight is 371 g/mol. The van der Waals surface area contributed by atoms with E-state index in [4.69, 9.17) is 10.5 Å². The number of hydrogen-bond acceptors (Lipinski definition) is 7. The van der Waals surface area contributed by atoms with Crippen molar-refractivity contribution < 1.29 is 14.3 Å². The third kappa shape index (κ3) is 3.75. The maximum Gasteiger partial charge on any atom is 0.253 e. The molecule has 1 atom stereocenters. The molecular formula is C17H21N7O3. The lowest BCUT2D eigenvalue weighted by atomic mass is 9.99. The monoisotopic (exact) mass is 371 g/mol. The molecule has 27 heavy (non-hydrogen) atoms. The molecule has 2 aliphatic rings. The summed E-state index contributed by atoms with van der Waals surface area (Å²) in [5.74, 6) is -0.112. The third-order valence-electron chi connectivity index (χ3n) is 4.91. The minimum Gasteiger partial charge on any atom is -0.368 e. The lowest BCUT2D eigenvalue weighted by Crippen LogP contribution is -2.38. The van der Waals surface area contributed by atoms with Gasteiger partial charge in [0.15, 0.2) is 0 Å². The van der Waals surface area contributed by atoms with Gasteiger partial charge in [0.1, 0.15) is 12.6 Å². The molecule has 142 valence electrons. The molecule has 10 nitrogen and oxygen atoms in total. The lowest BCUT2D eigenvalue weighted by Gasteiger charge is -2.29. The summed E-state index contributed by atoms with van der Waals surface area (Å²) in [7, 11) is 0. The Kier molecular flexibility index (Phi) is 4.71. The molecule has 0 saturated carbocycles. The summed E-state index contributed by atoms with van der Waals surface area (Å²) in [6.45, 7) is 1.73. The number of nitrogens with zero attached hydrogens (tertiary/aromatic N) is 5. The first-order valence-corrected chi connectivity index (χ1v) is 8.94. The van der Waals surface area contributed by atoms with Crippen LogP contribution in [0, 0.1) is 0 Å². The van der Waals surface area contributed by atoms with Crippen molar-refractivity contribution >= 4 is 23.5 Å². The molecule has 0 radical (unpaired) electrons. The number of ether oxygens (including phenoxy) is 1. The van der Waals surface area contributed by atoms with Gasteiger partial charge in [-0.15, -0.1) is 0 Å². The maximum atomic E-state index is 12.5. The molecule has 1 fully saturated rings. The second-order valence-corrected chi connectivity index (χ2v) is 6.73. The first-order chi connectivity index (χ1) is 13.1. The van der Waals surface area contributed by atoms with Crippen molar-refractivity contribution in [1.29, 1.82) is 0 Å². The summed E-state index contributed by atoms with van der Waals surface area (Å²) >= 11 is 0. The molecule has 1 aromatic carbocycles. The number of hydrogen-bond donors (Lipinski definition) is 2. The van der Waals surface area contributed by atoms with Crippen LogP contribution in [0.3, 0.4) is 0 Å². The quantitative estimate of drug-likeness (QED) is 0.771. The Hall–Kier alpha value is -3.01. The minimum atomic E-state index is -0.374. The summed E-state index contributed by atoms with van der Waals surface area (Å²) in [4.78, 5) is 26.5. The molecule has 2 aliphatic heterocycles. The topological polar surface area (TPSA) is 128 Å². The zero-order valence-corrected chi connectivity index (χ0v) is 14.8. The smallest absolute Gasteiger partial charge is 0.253 e. The van der Waals surface area contributed by atoms with E-state index in [-0.39, 0.29) is 30.4 Å². The van der Waals surface area contributed by atoms with Crippen LogP contribution >= 0.6 is 0 Å². The molecule has 2 aromatic rings. The third-order valence-corrected chi connectivity index (χ3v) is 4.91. The van der Waals surface area contributed by atoms with Gasteiger partial charge in [0.2, 0.25) is 11.9 Å². The molecule has 0 spiro atoms. The van der Waals surface area contributed by atoms with Gasteiger partial charge in [0.05, 0.1) is 0 Å². The predicted octanol–water partition coefficient (Wildman–Crippen LogP) is -0.0423. The molecule has 0 aliphatic carbocycles. The number of benzene rings is 1. The van der Waals surface area contributed by atoms with Crippen LogP contribution in [-0.4, -0.2) is 56.2 Å². The fourth-order valence-corrected chi connectivity index (χ4v) is 3.41. The summed E-state index contributed by atoms with van der Waals surface area (Å²) in [6.07, 6.45) is 2.04. The Morgan fingerprint density at radius 2 is 2.22 bits per heavy atom. The Bertz CT molecular complexity index is 860. The van der Waals surface area contributed by atoms with Gasteiger partial charge in [-0.25, -0.2) is 4.68 Å². The number of amides is 2. The van der Waals surface area contributed by atoms with Gasteiger partial charge in [0, 0.05) is 25.4 Å². The fourth-order valence-electron chi connectivity index (χ4n) is 3.41. The number of carbonyl (C=O) groups excluding carboxylic acids is 2. The number of aromatic nitrogens is 4. The van der Waals surface area contributed by atoms with E-state index in [1.165, 1.54) is 10.2 Å². The SMILES string of the molecule is Nc1nnnn1CC(=O)N1CCc2ccc(NC(=O)[C@H]3CCCO3)cc2C1. The first kappa shape index (κ1) is 17.4. The minimum absolute atomic E-state index is 0.00358. The van der Waals surface area contributed by atoms with Gasteiger partial charge < -0.3 is 20.7 Å². The van der Waals surface area contributed by atoms with Crippen LogP contribution in [0.1, 0.15) is 24.0 Å². The molecular weight excluding hydrogens is 350 g/mol. The van der Waals surface area contributed by atoms with E-state index >= 15 is 0 Å². The van der Waals surface area contributed by atoms with Gasteiger partial charge >= 0.3 is 0 Å². The van der Waals surface area contributed by atoms with Crippen LogP contribution in [-0.2, 0) is 33.8 Å². The standard InChI is InChI=1S/C17H21N7O3/c18-17-20-21-22-24(17)10-15(25)23-6-5-11-3-4-13(8-12(11)9-23)19-16(26)14-2-1-7-27-14/h3-4,8,14H,1-2,5-7,9-10H2,(H,19,26)(H2,18,20,22)/t14-/m1/s1. The molecule has 0 bridgehead atoms. The van der Waals surface area contributed by atoms with Crippen molar-refractivity contribution in [2.24, 2.45) is 0 Å². The van der Waals surface area contributed by atoms with E-state index in [1.807, 2.05) is 18.2 Å². The lowest BCUT2D eigenvalue weighted by molar-refractivity contribution is -0.133.